The highest BCUT2D eigenvalue weighted by molar-refractivity contribution is 7.73. The average Bonchev–Trinajstić information content (AvgIpc) is 3.51. The summed E-state index contributed by atoms with van der Waals surface area (Å²) in [6.45, 7) is 0. The molecule has 6 rings (SSSR count). The number of thiophene rings is 1. The van der Waals surface area contributed by atoms with E-state index in [1.165, 1.54) is 53.3 Å². The van der Waals surface area contributed by atoms with Gasteiger partial charge in [-0.3, -0.25) is 14.7 Å². The molecule has 3 heterocycles. The van der Waals surface area contributed by atoms with Crippen molar-refractivity contribution in [3.63, 3.8) is 0 Å². The maximum absolute atomic E-state index is 13.1. The van der Waals surface area contributed by atoms with E-state index in [1.807, 2.05) is 5.38 Å². The zero-order valence-corrected chi connectivity index (χ0v) is 22.3. The summed E-state index contributed by atoms with van der Waals surface area (Å²) >= 11 is 7.84. The van der Waals surface area contributed by atoms with Crippen LogP contribution in [0, 0.1) is 15.2 Å². The van der Waals surface area contributed by atoms with Crippen molar-refractivity contribution in [2.45, 2.75) is 12.8 Å². The van der Waals surface area contributed by atoms with Crippen LogP contribution in [0.4, 0.5) is 26.6 Å². The first kappa shape index (κ1) is 25.0. The molecular formula is C25H18FN7O3S3. The first-order valence-electron chi connectivity index (χ1n) is 11.6. The van der Waals surface area contributed by atoms with Gasteiger partial charge >= 0.3 is 0 Å². The van der Waals surface area contributed by atoms with Crippen LogP contribution in [0.3, 0.4) is 0 Å². The van der Waals surface area contributed by atoms with E-state index in [0.717, 1.165) is 10.5 Å². The normalized spacial score (nSPS) is 13.6. The van der Waals surface area contributed by atoms with Gasteiger partial charge in [0.15, 0.2) is 3.95 Å². The molecule has 0 unspecified atom stereocenters. The van der Waals surface area contributed by atoms with Crippen LogP contribution in [0.1, 0.15) is 12.8 Å². The summed E-state index contributed by atoms with van der Waals surface area (Å²) in [5.41, 5.74) is 0.527. The minimum atomic E-state index is -1.15. The second kappa shape index (κ2) is 10.1. The largest absolute Gasteiger partial charge is 0.438 e. The third kappa shape index (κ3) is 5.21. The second-order valence-electron chi connectivity index (χ2n) is 8.68. The summed E-state index contributed by atoms with van der Waals surface area (Å²) < 4.78 is 19.8. The molecule has 1 fully saturated rings. The molecule has 39 heavy (non-hydrogen) atoms. The SMILES string of the molecule is O=C(Nc1ccc(F)cc1)C1(C(=O)Nc2ccc(Oc3ncnc4scc(Nc5n[nH]c(=S)s5)c34)cc2)CC1. The number of anilines is 4. The van der Waals surface area contributed by atoms with Crippen LogP contribution in [0.2, 0.25) is 0 Å². The van der Waals surface area contributed by atoms with Gasteiger partial charge in [0.05, 0.1) is 11.1 Å². The van der Waals surface area contributed by atoms with Crippen LogP contribution in [-0.2, 0) is 9.59 Å². The van der Waals surface area contributed by atoms with E-state index >= 15 is 0 Å². The lowest BCUT2D eigenvalue weighted by Gasteiger charge is -2.16. The molecule has 5 aromatic rings. The molecule has 14 heteroatoms. The number of hydrogen-bond donors (Lipinski definition) is 4. The van der Waals surface area contributed by atoms with Crippen molar-refractivity contribution >= 4 is 79.1 Å². The first-order chi connectivity index (χ1) is 18.9. The Hall–Kier alpha value is -4.27. The van der Waals surface area contributed by atoms with Crippen LogP contribution in [-0.4, -0.2) is 32.0 Å². The number of aromatic amines is 1. The summed E-state index contributed by atoms with van der Waals surface area (Å²) in [6, 6.07) is 12.2. The third-order valence-electron chi connectivity index (χ3n) is 6.06. The van der Waals surface area contributed by atoms with Crippen LogP contribution < -0.4 is 20.7 Å². The molecule has 0 spiro atoms. The van der Waals surface area contributed by atoms with E-state index in [4.69, 9.17) is 17.0 Å². The Labute approximate surface area is 233 Å². The van der Waals surface area contributed by atoms with E-state index in [2.05, 4.69) is 36.1 Å². The maximum atomic E-state index is 13.1. The number of carbonyl (C=O) groups excluding carboxylic acids is 2. The van der Waals surface area contributed by atoms with Crippen LogP contribution in [0.25, 0.3) is 10.2 Å². The average molecular weight is 580 g/mol. The van der Waals surface area contributed by atoms with Gasteiger partial charge in [-0.25, -0.2) is 14.4 Å². The Balaban J connectivity index is 1.14. The zero-order valence-electron chi connectivity index (χ0n) is 19.9. The predicted molar refractivity (Wildman–Crippen MR) is 150 cm³/mol. The van der Waals surface area contributed by atoms with E-state index in [1.54, 1.807) is 24.3 Å². The fourth-order valence-corrected chi connectivity index (χ4v) is 5.48. The van der Waals surface area contributed by atoms with Crippen molar-refractivity contribution in [3.8, 4) is 11.6 Å². The lowest BCUT2D eigenvalue weighted by molar-refractivity contribution is -0.131. The summed E-state index contributed by atoms with van der Waals surface area (Å²) in [4.78, 5) is 35.1. The molecule has 1 saturated carbocycles. The molecule has 196 valence electrons. The van der Waals surface area contributed by atoms with Gasteiger partial charge in [-0.2, -0.15) is 0 Å². The fourth-order valence-electron chi connectivity index (χ4n) is 3.85. The molecule has 2 aromatic carbocycles. The third-order valence-corrected chi connectivity index (χ3v) is 7.95. The van der Waals surface area contributed by atoms with Gasteiger partial charge in [0.2, 0.25) is 22.8 Å². The number of carbonyl (C=O) groups is 2. The van der Waals surface area contributed by atoms with Gasteiger partial charge in [0, 0.05) is 16.8 Å². The molecule has 4 N–H and O–H groups in total. The van der Waals surface area contributed by atoms with Crippen molar-refractivity contribution in [1.29, 1.82) is 0 Å². The minimum Gasteiger partial charge on any atom is -0.438 e. The Morgan fingerprint density at radius 2 is 1.67 bits per heavy atom. The standard InChI is InChI=1S/C25H18FN7O3S3/c26-13-1-3-14(4-2-13)29-21(34)25(9-10-25)22(35)30-15-5-7-16(8-6-15)36-19-18-17(11-38-20(18)28-12-27-19)31-23-32-33-24(37)39-23/h1-8,11-12H,9-10H2,(H,29,34)(H,30,35)(H,31,32)(H,33,37). The van der Waals surface area contributed by atoms with Crippen molar-refractivity contribution in [3.05, 3.63) is 70.0 Å². The number of amides is 2. The van der Waals surface area contributed by atoms with Crippen molar-refractivity contribution < 1.29 is 18.7 Å². The summed E-state index contributed by atoms with van der Waals surface area (Å²) in [7, 11) is 0. The highest BCUT2D eigenvalue weighted by atomic mass is 32.1. The molecular weight excluding hydrogens is 562 g/mol. The predicted octanol–water partition coefficient (Wildman–Crippen LogP) is 6.24. The van der Waals surface area contributed by atoms with Crippen molar-refractivity contribution in [1.82, 2.24) is 20.2 Å². The highest BCUT2D eigenvalue weighted by Gasteiger charge is 2.56. The summed E-state index contributed by atoms with van der Waals surface area (Å²) in [5, 5.41) is 18.8. The van der Waals surface area contributed by atoms with E-state index < -0.39 is 23.0 Å². The summed E-state index contributed by atoms with van der Waals surface area (Å²) in [5.74, 6) is -0.371. The number of aromatic nitrogens is 4. The monoisotopic (exact) mass is 579 g/mol. The molecule has 0 radical (unpaired) electrons. The molecule has 1 aliphatic rings. The number of H-pyrrole nitrogens is 1. The first-order valence-corrected chi connectivity index (χ1v) is 13.7. The molecule has 0 bridgehead atoms. The van der Waals surface area contributed by atoms with Gasteiger partial charge in [-0.05, 0) is 73.6 Å². The van der Waals surface area contributed by atoms with E-state index in [-0.39, 0.29) is 0 Å². The summed E-state index contributed by atoms with van der Waals surface area (Å²) in [6.07, 6.45) is 2.29. The number of benzene rings is 2. The molecule has 3 aromatic heterocycles. The van der Waals surface area contributed by atoms with Crippen LogP contribution in [0.5, 0.6) is 11.6 Å². The fraction of sp³-hybridized carbons (Fsp3) is 0.120. The van der Waals surface area contributed by atoms with Crippen molar-refractivity contribution in [2.75, 3.05) is 16.0 Å². The van der Waals surface area contributed by atoms with Gasteiger partial charge < -0.3 is 20.7 Å². The second-order valence-corrected chi connectivity index (χ2v) is 11.2. The number of hydrogen-bond acceptors (Lipinski definition) is 10. The number of ether oxygens (including phenoxy) is 1. The molecule has 0 atom stereocenters. The Morgan fingerprint density at radius 1 is 1.00 bits per heavy atom. The quantitative estimate of drug-likeness (QED) is 0.125. The molecule has 0 aliphatic heterocycles. The zero-order chi connectivity index (χ0) is 27.0. The smallest absolute Gasteiger partial charge is 0.240 e. The van der Waals surface area contributed by atoms with Crippen LogP contribution >= 0.6 is 34.9 Å². The Morgan fingerprint density at radius 3 is 2.28 bits per heavy atom. The minimum absolute atomic E-state index is 0.356. The van der Waals surface area contributed by atoms with Gasteiger partial charge in [0.25, 0.3) is 0 Å². The Kier molecular flexibility index (Phi) is 6.50. The van der Waals surface area contributed by atoms with E-state index in [9.17, 15) is 14.0 Å². The maximum Gasteiger partial charge on any atom is 0.240 e. The number of halogens is 1. The van der Waals surface area contributed by atoms with Gasteiger partial charge in [-0.1, -0.05) is 11.3 Å². The van der Waals surface area contributed by atoms with Gasteiger partial charge in [-0.15, -0.1) is 16.4 Å². The number of nitrogens with one attached hydrogen (secondary N) is 4. The number of nitrogens with zero attached hydrogens (tertiary/aromatic N) is 3. The van der Waals surface area contributed by atoms with Crippen molar-refractivity contribution in [2.24, 2.45) is 5.41 Å². The Bertz CT molecular complexity index is 1750. The van der Waals surface area contributed by atoms with E-state index in [0.29, 0.717) is 50.3 Å². The van der Waals surface area contributed by atoms with Gasteiger partial charge in [0.1, 0.15) is 28.1 Å². The highest BCUT2D eigenvalue weighted by Crippen LogP contribution is 2.47. The van der Waals surface area contributed by atoms with Crippen LogP contribution in [0.15, 0.2) is 60.2 Å². The lowest BCUT2D eigenvalue weighted by Crippen LogP contribution is -2.35. The lowest BCUT2D eigenvalue weighted by atomic mass is 10.0. The number of fused-ring (bicyclic) bond motifs is 1. The number of rotatable bonds is 8. The molecule has 0 saturated heterocycles. The molecule has 10 nitrogen and oxygen atoms in total. The molecule has 1 aliphatic carbocycles. The molecule has 2 amide bonds. The topological polar surface area (TPSA) is 134 Å².